The van der Waals surface area contributed by atoms with Crippen LogP contribution in [-0.4, -0.2) is 30.4 Å². The minimum absolute atomic E-state index is 0.0641. The second-order valence-electron chi connectivity index (χ2n) is 11.4. The van der Waals surface area contributed by atoms with E-state index < -0.39 is 34.6 Å². The summed E-state index contributed by atoms with van der Waals surface area (Å²) < 4.78 is 50.7. The predicted octanol–water partition coefficient (Wildman–Crippen LogP) is 7.73. The zero-order valence-electron chi connectivity index (χ0n) is 25.0. The number of halogens is 3. The van der Waals surface area contributed by atoms with E-state index >= 15 is 0 Å². The topological polar surface area (TPSA) is 108 Å². The van der Waals surface area contributed by atoms with Gasteiger partial charge in [-0.2, -0.15) is 0 Å². The van der Waals surface area contributed by atoms with Gasteiger partial charge in [-0.05, 0) is 89.2 Å². The molecule has 0 unspecified atom stereocenters. The number of nitrogens with one attached hydrogen (secondary N) is 1. The Morgan fingerprint density at radius 2 is 1.43 bits per heavy atom. The summed E-state index contributed by atoms with van der Waals surface area (Å²) in [6.07, 6.45) is -0.759. The normalized spacial score (nSPS) is 11.3. The molecular weight excluding hydrogens is 549 g/mol. The van der Waals surface area contributed by atoms with Crippen molar-refractivity contribution >= 4 is 29.0 Å². The average molecular weight is 587 g/mol. The first-order valence-corrected chi connectivity index (χ1v) is 13.1. The first kappa shape index (κ1) is 33.9. The number of ketones is 2. The first-order chi connectivity index (χ1) is 19.4. The number of nitrogens with two attached hydrogens (primary N) is 1. The molecular formula is C32H37F3N2O5. The Balaban J connectivity index is 0.000000295. The number of Topliss-reactive ketones (excluding diaryl/α,β-unsaturated/α-hetero) is 2. The third-order valence-electron chi connectivity index (χ3n) is 6.07. The number of rotatable bonds is 7. The molecule has 42 heavy (non-hydrogen) atoms. The van der Waals surface area contributed by atoms with Crippen molar-refractivity contribution in [3.05, 3.63) is 88.7 Å². The predicted molar refractivity (Wildman–Crippen MR) is 157 cm³/mol. The summed E-state index contributed by atoms with van der Waals surface area (Å²) in [7, 11) is 1.45. The molecule has 3 rings (SSSR count). The fraction of sp³-hybridized carbons (Fsp3) is 0.344. The number of anilines is 2. The monoisotopic (exact) mass is 586 g/mol. The van der Waals surface area contributed by atoms with Gasteiger partial charge in [-0.15, -0.1) is 0 Å². The van der Waals surface area contributed by atoms with Crippen LogP contribution in [0, 0.1) is 23.4 Å². The molecule has 0 aromatic heterocycles. The molecule has 3 aromatic carbocycles. The van der Waals surface area contributed by atoms with Gasteiger partial charge in [0.05, 0.1) is 23.9 Å². The van der Waals surface area contributed by atoms with Gasteiger partial charge in [0.1, 0.15) is 28.8 Å². The number of methoxy groups -OCH3 is 1. The van der Waals surface area contributed by atoms with Crippen molar-refractivity contribution in [2.24, 2.45) is 5.92 Å². The number of carbonyl (C=O) groups is 3. The summed E-state index contributed by atoms with van der Waals surface area (Å²) in [5.41, 5.74) is 4.64. The van der Waals surface area contributed by atoms with Crippen LogP contribution >= 0.6 is 0 Å². The molecule has 0 aliphatic carbocycles. The summed E-state index contributed by atoms with van der Waals surface area (Å²) >= 11 is 0. The molecule has 0 fully saturated rings. The third kappa shape index (κ3) is 8.83. The highest BCUT2D eigenvalue weighted by Crippen LogP contribution is 2.35. The van der Waals surface area contributed by atoms with E-state index in [0.29, 0.717) is 16.9 Å². The van der Waals surface area contributed by atoms with Gasteiger partial charge >= 0.3 is 6.09 Å². The molecule has 0 radical (unpaired) electrons. The smallest absolute Gasteiger partial charge is 0.412 e. The minimum atomic E-state index is -1.06. The molecule has 0 aliphatic rings. The molecule has 1 amide bonds. The van der Waals surface area contributed by atoms with Crippen molar-refractivity contribution in [1.29, 1.82) is 0 Å². The lowest BCUT2D eigenvalue weighted by Crippen LogP contribution is -2.30. The Morgan fingerprint density at radius 1 is 0.833 bits per heavy atom. The zero-order chi connectivity index (χ0) is 32.0. The average Bonchev–Trinajstić information content (AvgIpc) is 2.89. The van der Waals surface area contributed by atoms with E-state index in [2.05, 4.69) is 5.32 Å². The fourth-order valence-electron chi connectivity index (χ4n) is 3.86. The molecule has 0 spiro atoms. The molecule has 0 bridgehead atoms. The number of benzene rings is 3. The van der Waals surface area contributed by atoms with Crippen molar-refractivity contribution in [1.82, 2.24) is 0 Å². The quantitative estimate of drug-likeness (QED) is 0.217. The first-order valence-electron chi connectivity index (χ1n) is 13.1. The number of nitrogen functional groups attached to an aromatic ring is 1. The molecule has 0 heterocycles. The Kier molecular flexibility index (Phi) is 10.9. The van der Waals surface area contributed by atoms with Gasteiger partial charge in [0.15, 0.2) is 11.6 Å². The van der Waals surface area contributed by atoms with E-state index in [9.17, 15) is 27.6 Å². The third-order valence-corrected chi connectivity index (χ3v) is 6.07. The van der Waals surface area contributed by atoms with Crippen molar-refractivity contribution in [3.63, 3.8) is 0 Å². The van der Waals surface area contributed by atoms with E-state index in [1.165, 1.54) is 49.6 Å². The van der Waals surface area contributed by atoms with Gasteiger partial charge < -0.3 is 15.2 Å². The molecule has 10 heteroatoms. The maximum absolute atomic E-state index is 13.6. The van der Waals surface area contributed by atoms with Crippen LogP contribution in [-0.2, 0) is 10.2 Å². The Labute approximate surface area is 244 Å². The van der Waals surface area contributed by atoms with Gasteiger partial charge in [-0.1, -0.05) is 13.8 Å². The van der Waals surface area contributed by atoms with Crippen LogP contribution < -0.4 is 15.8 Å². The molecule has 0 saturated carbocycles. The van der Waals surface area contributed by atoms with Crippen LogP contribution in [0.5, 0.6) is 5.75 Å². The standard InChI is InChI=1S/C17H17F2NO2.C15H20FNO3/c1-17(2,12-9-11(18)5-7-15(12)22-3)16(21)10-4-6-13(19)14(20)8-10;1-9(2)13(18)10-6-7-11(16)12(8-10)17-14(19)20-15(3,4)5/h4-9H,20H2,1-3H3;6-9H,1-5H3,(H,17,19). The number of ether oxygens (including phenoxy) is 2. The largest absolute Gasteiger partial charge is 0.496 e. The summed E-state index contributed by atoms with van der Waals surface area (Å²) in [6, 6.07) is 11.7. The second-order valence-corrected chi connectivity index (χ2v) is 11.4. The highest BCUT2D eigenvalue weighted by molar-refractivity contribution is 6.04. The maximum Gasteiger partial charge on any atom is 0.412 e. The van der Waals surface area contributed by atoms with E-state index in [1.807, 2.05) is 0 Å². The lowest BCUT2D eigenvalue weighted by atomic mass is 9.77. The van der Waals surface area contributed by atoms with Crippen LogP contribution in [0.4, 0.5) is 29.3 Å². The summed E-state index contributed by atoms with van der Waals surface area (Å²) in [5.74, 6) is -1.87. The van der Waals surface area contributed by atoms with E-state index in [1.54, 1.807) is 48.5 Å². The van der Waals surface area contributed by atoms with Crippen molar-refractivity contribution < 1.29 is 37.0 Å². The molecule has 0 saturated heterocycles. The van der Waals surface area contributed by atoms with Crippen LogP contribution in [0.3, 0.4) is 0 Å². The molecule has 7 nitrogen and oxygen atoms in total. The van der Waals surface area contributed by atoms with Crippen LogP contribution in [0.1, 0.15) is 74.7 Å². The van der Waals surface area contributed by atoms with Crippen LogP contribution in [0.2, 0.25) is 0 Å². The van der Waals surface area contributed by atoms with E-state index in [-0.39, 0.29) is 34.4 Å². The highest BCUT2D eigenvalue weighted by atomic mass is 19.1. The SMILES string of the molecule is CC(C)C(=O)c1ccc(F)c(NC(=O)OC(C)(C)C)c1.COc1ccc(F)cc1C(C)(C)C(=O)c1ccc(F)c(N)c1. The van der Waals surface area contributed by atoms with Crippen molar-refractivity contribution in [2.45, 2.75) is 59.5 Å². The lowest BCUT2D eigenvalue weighted by Gasteiger charge is -2.26. The van der Waals surface area contributed by atoms with Gasteiger partial charge in [0.25, 0.3) is 0 Å². The van der Waals surface area contributed by atoms with Crippen LogP contribution in [0.25, 0.3) is 0 Å². The lowest BCUT2D eigenvalue weighted by molar-refractivity contribution is 0.0634. The number of amides is 1. The fourth-order valence-corrected chi connectivity index (χ4v) is 3.86. The van der Waals surface area contributed by atoms with Gasteiger partial charge in [0, 0.05) is 22.6 Å². The minimum Gasteiger partial charge on any atom is -0.496 e. The van der Waals surface area contributed by atoms with Gasteiger partial charge in [-0.3, -0.25) is 14.9 Å². The van der Waals surface area contributed by atoms with E-state index in [4.69, 9.17) is 15.2 Å². The number of hydrogen-bond donors (Lipinski definition) is 2. The summed E-state index contributed by atoms with van der Waals surface area (Å²) in [6.45, 7) is 12.0. The Bertz CT molecular complexity index is 1460. The number of hydrogen-bond acceptors (Lipinski definition) is 6. The molecule has 0 atom stereocenters. The summed E-state index contributed by atoms with van der Waals surface area (Å²) in [5, 5.41) is 2.31. The molecule has 3 N–H and O–H groups in total. The van der Waals surface area contributed by atoms with Crippen molar-refractivity contribution in [3.8, 4) is 5.75 Å². The highest BCUT2D eigenvalue weighted by Gasteiger charge is 2.34. The Morgan fingerprint density at radius 3 is 1.98 bits per heavy atom. The van der Waals surface area contributed by atoms with E-state index in [0.717, 1.165) is 12.1 Å². The van der Waals surface area contributed by atoms with Gasteiger partial charge in [-0.25, -0.2) is 18.0 Å². The molecule has 3 aromatic rings. The number of carbonyl (C=O) groups excluding carboxylic acids is 3. The van der Waals surface area contributed by atoms with Crippen molar-refractivity contribution in [2.75, 3.05) is 18.2 Å². The van der Waals surface area contributed by atoms with Crippen LogP contribution in [0.15, 0.2) is 54.6 Å². The van der Waals surface area contributed by atoms with Gasteiger partial charge in [0.2, 0.25) is 0 Å². The molecule has 0 aliphatic heterocycles. The summed E-state index contributed by atoms with van der Waals surface area (Å²) in [4.78, 5) is 36.2. The zero-order valence-corrected chi connectivity index (χ0v) is 25.0. The molecule has 226 valence electrons. The Hall–Kier alpha value is -4.34. The maximum atomic E-state index is 13.6. The second kappa shape index (κ2) is 13.5.